The molecular formula is C27H40O7. The molecule has 1 aliphatic rings. The fourth-order valence-corrected chi connectivity index (χ4v) is 3.91. The number of aliphatic hydroxyl groups excluding tert-OH is 4. The van der Waals surface area contributed by atoms with Gasteiger partial charge in [-0.15, -0.1) is 0 Å². The minimum atomic E-state index is -2.07. The van der Waals surface area contributed by atoms with Crippen LogP contribution in [0.2, 0.25) is 0 Å². The molecule has 0 amide bonds. The van der Waals surface area contributed by atoms with Crippen molar-refractivity contribution in [1.29, 1.82) is 0 Å². The number of hydrogen-bond acceptors (Lipinski definition) is 7. The third-order valence-electron chi connectivity index (χ3n) is 6.17. The number of hydrogen-bond donors (Lipinski definition) is 4. The maximum atomic E-state index is 12.1. The van der Waals surface area contributed by atoms with Gasteiger partial charge in [0.1, 0.15) is 18.3 Å². The van der Waals surface area contributed by atoms with Gasteiger partial charge in [0.25, 0.3) is 0 Å². The number of carbonyl (C=O) groups excluding carboxylic acids is 2. The fourth-order valence-electron chi connectivity index (χ4n) is 3.91. The Morgan fingerprint density at radius 3 is 2.24 bits per heavy atom. The number of ketones is 1. The summed E-state index contributed by atoms with van der Waals surface area (Å²) in [6.45, 7) is 10.6. The van der Waals surface area contributed by atoms with E-state index in [1.165, 1.54) is 24.0 Å². The molecule has 0 heterocycles. The van der Waals surface area contributed by atoms with Gasteiger partial charge in [0.2, 0.25) is 0 Å². The molecular weight excluding hydrogens is 436 g/mol. The summed E-state index contributed by atoms with van der Waals surface area (Å²) in [7, 11) is 0.996. The van der Waals surface area contributed by atoms with E-state index in [9.17, 15) is 30.0 Å². The Hall–Kier alpha value is -2.32. The maximum Gasteiger partial charge on any atom is 0.337 e. The Balaban J connectivity index is 2.69. The van der Waals surface area contributed by atoms with Crippen LogP contribution >= 0.6 is 0 Å². The predicted molar refractivity (Wildman–Crippen MR) is 132 cm³/mol. The SMILES string of the molecule is COC(=O)[C@@H](O)[C@@H](O)[C@H](O)[C@@H](O)C(=O)CC=C(C)C=CC=C(C)C=CC1=C(C)CCCC1(C)C. The molecule has 0 unspecified atom stereocenters. The quantitative estimate of drug-likeness (QED) is 0.267. The van der Waals surface area contributed by atoms with Gasteiger partial charge in [-0.3, -0.25) is 4.79 Å². The first-order valence-electron chi connectivity index (χ1n) is 11.5. The molecule has 7 heteroatoms. The average molecular weight is 477 g/mol. The first-order chi connectivity index (χ1) is 15.8. The molecule has 4 atom stereocenters. The number of carbonyl (C=O) groups is 2. The fraction of sp³-hybridized carbons (Fsp3) is 0.556. The van der Waals surface area contributed by atoms with Crippen LogP contribution in [0.15, 0.2) is 58.7 Å². The Morgan fingerprint density at radius 1 is 1.03 bits per heavy atom. The van der Waals surface area contributed by atoms with E-state index in [4.69, 9.17) is 0 Å². The van der Waals surface area contributed by atoms with Gasteiger partial charge in [-0.05, 0) is 51.0 Å². The van der Waals surface area contributed by atoms with E-state index in [1.807, 2.05) is 25.2 Å². The van der Waals surface area contributed by atoms with E-state index >= 15 is 0 Å². The van der Waals surface area contributed by atoms with E-state index in [0.29, 0.717) is 0 Å². The summed E-state index contributed by atoms with van der Waals surface area (Å²) in [4.78, 5) is 23.4. The van der Waals surface area contributed by atoms with Gasteiger partial charge in [-0.2, -0.15) is 0 Å². The molecule has 4 N–H and O–H groups in total. The molecule has 0 saturated carbocycles. The molecule has 0 fully saturated rings. The number of esters is 1. The lowest BCUT2D eigenvalue weighted by Gasteiger charge is -2.32. The molecule has 34 heavy (non-hydrogen) atoms. The molecule has 0 bridgehead atoms. The van der Waals surface area contributed by atoms with E-state index < -0.39 is 36.2 Å². The number of ether oxygens (including phenoxy) is 1. The van der Waals surface area contributed by atoms with Gasteiger partial charge in [-0.1, -0.05) is 67.0 Å². The second kappa shape index (κ2) is 13.5. The third kappa shape index (κ3) is 8.80. The molecule has 0 aromatic heterocycles. The van der Waals surface area contributed by atoms with Crippen LogP contribution in [-0.4, -0.2) is 63.7 Å². The molecule has 0 aromatic rings. The molecule has 7 nitrogen and oxygen atoms in total. The molecule has 1 aliphatic carbocycles. The Bertz CT molecular complexity index is 873. The van der Waals surface area contributed by atoms with Crippen molar-refractivity contribution in [2.24, 2.45) is 5.41 Å². The smallest absolute Gasteiger partial charge is 0.337 e. The van der Waals surface area contributed by atoms with Crippen LogP contribution in [0.25, 0.3) is 0 Å². The summed E-state index contributed by atoms with van der Waals surface area (Å²) in [6.07, 6.45) is 6.77. The predicted octanol–water partition coefficient (Wildman–Crippen LogP) is 3.09. The van der Waals surface area contributed by atoms with Crippen LogP contribution in [0.5, 0.6) is 0 Å². The molecule has 0 aromatic carbocycles. The number of allylic oxidation sites excluding steroid dienone is 10. The van der Waals surface area contributed by atoms with Gasteiger partial charge in [0, 0.05) is 6.42 Å². The Labute approximate surface area is 202 Å². The number of methoxy groups -OCH3 is 1. The van der Waals surface area contributed by atoms with Gasteiger partial charge in [-0.25, -0.2) is 4.79 Å². The summed E-state index contributed by atoms with van der Waals surface area (Å²) in [5.74, 6) is -1.94. The van der Waals surface area contributed by atoms with E-state index in [-0.39, 0.29) is 11.8 Å². The van der Waals surface area contributed by atoms with Crippen LogP contribution in [0.4, 0.5) is 0 Å². The van der Waals surface area contributed by atoms with Gasteiger partial charge >= 0.3 is 5.97 Å². The Kier molecular flexibility index (Phi) is 11.8. The average Bonchev–Trinajstić information content (AvgIpc) is 2.79. The van der Waals surface area contributed by atoms with Crippen LogP contribution in [0.3, 0.4) is 0 Å². The minimum absolute atomic E-state index is 0.187. The highest BCUT2D eigenvalue weighted by Crippen LogP contribution is 2.40. The zero-order chi connectivity index (χ0) is 26.1. The van der Waals surface area contributed by atoms with Crippen molar-refractivity contribution in [3.63, 3.8) is 0 Å². The van der Waals surface area contributed by atoms with Crippen molar-refractivity contribution in [1.82, 2.24) is 0 Å². The van der Waals surface area contributed by atoms with Crippen molar-refractivity contribution < 1.29 is 34.8 Å². The first kappa shape index (κ1) is 29.7. The lowest BCUT2D eigenvalue weighted by atomic mass is 9.72. The van der Waals surface area contributed by atoms with E-state index in [1.54, 1.807) is 13.0 Å². The minimum Gasteiger partial charge on any atom is -0.467 e. The second-order valence-corrected chi connectivity index (χ2v) is 9.55. The molecule has 0 saturated heterocycles. The standard InChI is InChI=1S/C27H40O7/c1-17(12-14-20-19(3)11-8-16-27(20,4)5)9-7-10-18(2)13-15-21(28)22(29)23(30)24(31)25(32)26(33)34-6/h7,9-10,12-14,22-25,29-32H,8,11,15-16H2,1-6H3/t22-,23+,24-,25-/m0/s1. The highest BCUT2D eigenvalue weighted by molar-refractivity contribution is 5.85. The molecule has 0 radical (unpaired) electrons. The Morgan fingerprint density at radius 2 is 1.65 bits per heavy atom. The van der Waals surface area contributed by atoms with E-state index in [0.717, 1.165) is 24.7 Å². The van der Waals surface area contributed by atoms with Gasteiger partial charge < -0.3 is 25.2 Å². The summed E-state index contributed by atoms with van der Waals surface area (Å²) >= 11 is 0. The van der Waals surface area contributed by atoms with Crippen LogP contribution in [0, 0.1) is 5.41 Å². The molecule has 190 valence electrons. The second-order valence-electron chi connectivity index (χ2n) is 9.55. The highest BCUT2D eigenvalue weighted by atomic mass is 16.5. The topological polar surface area (TPSA) is 124 Å². The van der Waals surface area contributed by atoms with Gasteiger partial charge in [0.05, 0.1) is 7.11 Å². The number of aliphatic hydroxyl groups is 4. The van der Waals surface area contributed by atoms with Crippen LogP contribution < -0.4 is 0 Å². The van der Waals surface area contributed by atoms with Crippen LogP contribution in [0.1, 0.15) is 60.3 Å². The van der Waals surface area contributed by atoms with Crippen molar-refractivity contribution in [3.05, 3.63) is 58.7 Å². The highest BCUT2D eigenvalue weighted by Gasteiger charge is 2.37. The normalized spacial score (nSPS) is 21.0. The lowest BCUT2D eigenvalue weighted by Crippen LogP contribution is -2.50. The summed E-state index contributed by atoms with van der Waals surface area (Å²) < 4.78 is 4.26. The third-order valence-corrected chi connectivity index (χ3v) is 6.17. The number of Topliss-reactive ketones (excluding diaryl/α,β-unsaturated/α-hetero) is 1. The molecule has 1 rings (SSSR count). The largest absolute Gasteiger partial charge is 0.467 e. The van der Waals surface area contributed by atoms with Crippen molar-refractivity contribution in [3.8, 4) is 0 Å². The summed E-state index contributed by atoms with van der Waals surface area (Å²) in [5, 5.41) is 39.2. The van der Waals surface area contributed by atoms with Crippen LogP contribution in [-0.2, 0) is 14.3 Å². The first-order valence-corrected chi connectivity index (χ1v) is 11.5. The summed E-state index contributed by atoms with van der Waals surface area (Å²) in [5.41, 5.74) is 4.88. The van der Waals surface area contributed by atoms with Gasteiger partial charge in [0.15, 0.2) is 11.9 Å². The number of rotatable bonds is 11. The lowest BCUT2D eigenvalue weighted by molar-refractivity contribution is -0.168. The zero-order valence-electron chi connectivity index (χ0n) is 21.1. The molecule has 0 spiro atoms. The molecule has 0 aliphatic heterocycles. The van der Waals surface area contributed by atoms with E-state index in [2.05, 4.69) is 37.7 Å². The van der Waals surface area contributed by atoms with Crippen molar-refractivity contribution in [2.45, 2.75) is 84.7 Å². The zero-order valence-corrected chi connectivity index (χ0v) is 21.1. The van der Waals surface area contributed by atoms with Crippen molar-refractivity contribution >= 4 is 11.8 Å². The summed E-state index contributed by atoms with van der Waals surface area (Å²) in [6, 6.07) is 0. The maximum absolute atomic E-state index is 12.1. The van der Waals surface area contributed by atoms with Crippen molar-refractivity contribution in [2.75, 3.05) is 7.11 Å². The monoisotopic (exact) mass is 476 g/mol.